The lowest BCUT2D eigenvalue weighted by molar-refractivity contribution is 0.241. The normalized spacial score (nSPS) is 24.4. The molecule has 2 saturated carbocycles. The zero-order chi connectivity index (χ0) is 18.8. The lowest BCUT2D eigenvalue weighted by Crippen LogP contribution is -2.33. The minimum Gasteiger partial charge on any atom is -0.330 e. The highest BCUT2D eigenvalue weighted by Crippen LogP contribution is 2.34. The fourth-order valence-corrected chi connectivity index (χ4v) is 5.27. The molecule has 4 nitrogen and oxygen atoms in total. The van der Waals surface area contributed by atoms with Crippen molar-refractivity contribution in [2.75, 3.05) is 6.54 Å². The zero-order valence-corrected chi connectivity index (χ0v) is 16.8. The van der Waals surface area contributed by atoms with E-state index in [-0.39, 0.29) is 5.56 Å². The van der Waals surface area contributed by atoms with Crippen LogP contribution >= 0.6 is 11.6 Å². The lowest BCUT2D eigenvalue weighted by Gasteiger charge is -2.31. The molecule has 0 spiro atoms. The van der Waals surface area contributed by atoms with Crippen LogP contribution in [-0.4, -0.2) is 16.1 Å². The number of halogens is 1. The molecule has 27 heavy (non-hydrogen) atoms. The van der Waals surface area contributed by atoms with Crippen molar-refractivity contribution >= 4 is 22.5 Å². The Kier molecular flexibility index (Phi) is 5.84. The summed E-state index contributed by atoms with van der Waals surface area (Å²) in [5.74, 6) is 2.52. The summed E-state index contributed by atoms with van der Waals surface area (Å²) in [6.45, 7) is 1.53. The zero-order valence-electron chi connectivity index (χ0n) is 16.0. The van der Waals surface area contributed by atoms with Crippen molar-refractivity contribution in [3.63, 3.8) is 0 Å². The van der Waals surface area contributed by atoms with Crippen molar-refractivity contribution in [2.45, 2.75) is 70.3 Å². The number of aromatic nitrogens is 2. The van der Waals surface area contributed by atoms with Crippen LogP contribution in [0.3, 0.4) is 0 Å². The summed E-state index contributed by atoms with van der Waals surface area (Å²) in [7, 11) is 0. The fraction of sp³-hybridized carbons (Fsp3) is 0.636. The van der Waals surface area contributed by atoms with Gasteiger partial charge in [-0.1, -0.05) is 37.3 Å². The van der Waals surface area contributed by atoms with E-state index < -0.39 is 0 Å². The predicted octanol–water partition coefficient (Wildman–Crippen LogP) is 4.86. The van der Waals surface area contributed by atoms with E-state index >= 15 is 0 Å². The molecule has 2 aliphatic carbocycles. The van der Waals surface area contributed by atoms with E-state index in [2.05, 4.69) is 0 Å². The quantitative estimate of drug-likeness (QED) is 0.814. The molecule has 2 aliphatic rings. The minimum atomic E-state index is 0.0814. The Hall–Kier alpha value is -1.39. The smallest absolute Gasteiger partial charge is 0.261 e. The molecule has 5 heteroatoms. The molecule has 2 aromatic rings. The van der Waals surface area contributed by atoms with Gasteiger partial charge in [0.1, 0.15) is 5.82 Å². The number of nitrogens with zero attached hydrogens (tertiary/aromatic N) is 2. The van der Waals surface area contributed by atoms with Gasteiger partial charge in [0.25, 0.3) is 5.56 Å². The predicted molar refractivity (Wildman–Crippen MR) is 111 cm³/mol. The summed E-state index contributed by atoms with van der Waals surface area (Å²) in [5.41, 5.74) is 6.79. The highest BCUT2D eigenvalue weighted by atomic mass is 35.5. The molecule has 0 saturated heterocycles. The van der Waals surface area contributed by atoms with Crippen molar-refractivity contribution < 1.29 is 0 Å². The summed E-state index contributed by atoms with van der Waals surface area (Å²) in [6.07, 6.45) is 10.8. The first-order valence-electron chi connectivity index (χ1n) is 10.6. The molecule has 0 amide bonds. The first-order chi connectivity index (χ1) is 13.2. The van der Waals surface area contributed by atoms with Gasteiger partial charge in [0, 0.05) is 17.5 Å². The van der Waals surface area contributed by atoms with Crippen LogP contribution in [0.15, 0.2) is 23.0 Å². The van der Waals surface area contributed by atoms with Crippen LogP contribution in [0.1, 0.15) is 69.5 Å². The van der Waals surface area contributed by atoms with Crippen LogP contribution in [0.4, 0.5) is 0 Å². The average molecular weight is 388 g/mol. The van der Waals surface area contributed by atoms with Crippen LogP contribution in [0.2, 0.25) is 5.02 Å². The second kappa shape index (κ2) is 8.32. The SMILES string of the molecule is NCC1CCCC(Cn2c(C3CCCCC3)nc3ccc(Cl)cc3c2=O)C1. The maximum Gasteiger partial charge on any atom is 0.261 e. The standard InChI is InChI=1S/C22H30ClN3O/c23-18-9-10-20-19(12-18)22(27)26(14-16-6-4-5-15(11-16)13-24)21(25-20)17-7-2-1-3-8-17/h9-10,12,15-17H,1-8,11,13-14,24H2. The first-order valence-corrected chi connectivity index (χ1v) is 10.9. The number of rotatable bonds is 4. The molecule has 0 radical (unpaired) electrons. The molecule has 2 N–H and O–H groups in total. The van der Waals surface area contributed by atoms with E-state index in [9.17, 15) is 4.79 Å². The Labute approximate surface area is 166 Å². The highest BCUT2D eigenvalue weighted by Gasteiger charge is 2.26. The van der Waals surface area contributed by atoms with Crippen LogP contribution < -0.4 is 11.3 Å². The fourth-order valence-electron chi connectivity index (χ4n) is 5.10. The van der Waals surface area contributed by atoms with Crippen LogP contribution in [0.5, 0.6) is 0 Å². The number of hydrogen-bond donors (Lipinski definition) is 1. The maximum absolute atomic E-state index is 13.4. The number of hydrogen-bond acceptors (Lipinski definition) is 3. The molecular formula is C22H30ClN3O. The number of nitrogens with two attached hydrogens (primary N) is 1. The van der Waals surface area contributed by atoms with Gasteiger partial charge in [-0.05, 0) is 68.7 Å². The number of benzene rings is 1. The Bertz CT molecular complexity index is 856. The molecule has 1 aromatic carbocycles. The van der Waals surface area contributed by atoms with Gasteiger partial charge >= 0.3 is 0 Å². The third-order valence-electron chi connectivity index (χ3n) is 6.58. The Morgan fingerprint density at radius 3 is 2.63 bits per heavy atom. The Morgan fingerprint density at radius 2 is 1.85 bits per heavy atom. The highest BCUT2D eigenvalue weighted by molar-refractivity contribution is 6.31. The average Bonchev–Trinajstić information content (AvgIpc) is 2.71. The van der Waals surface area contributed by atoms with E-state index in [1.165, 1.54) is 38.5 Å². The van der Waals surface area contributed by atoms with E-state index in [0.717, 1.165) is 43.7 Å². The van der Waals surface area contributed by atoms with Gasteiger partial charge in [-0.15, -0.1) is 0 Å². The molecule has 0 aliphatic heterocycles. The van der Waals surface area contributed by atoms with Crippen LogP contribution in [0.25, 0.3) is 10.9 Å². The van der Waals surface area contributed by atoms with E-state index in [1.807, 2.05) is 16.7 Å². The molecule has 146 valence electrons. The van der Waals surface area contributed by atoms with E-state index in [0.29, 0.717) is 28.2 Å². The molecule has 4 rings (SSSR count). The van der Waals surface area contributed by atoms with Gasteiger partial charge in [0.05, 0.1) is 10.9 Å². The first kappa shape index (κ1) is 18.9. The van der Waals surface area contributed by atoms with Gasteiger partial charge in [-0.2, -0.15) is 0 Å². The van der Waals surface area contributed by atoms with Crippen molar-refractivity contribution in [3.05, 3.63) is 39.4 Å². The molecule has 2 unspecified atom stereocenters. The van der Waals surface area contributed by atoms with Gasteiger partial charge < -0.3 is 5.73 Å². The van der Waals surface area contributed by atoms with Crippen LogP contribution in [0, 0.1) is 11.8 Å². The Morgan fingerprint density at radius 1 is 1.07 bits per heavy atom. The van der Waals surface area contributed by atoms with Crippen LogP contribution in [-0.2, 0) is 6.54 Å². The van der Waals surface area contributed by atoms with Gasteiger partial charge in [-0.25, -0.2) is 4.98 Å². The summed E-state index contributed by atoms with van der Waals surface area (Å²) in [4.78, 5) is 18.4. The molecule has 1 heterocycles. The minimum absolute atomic E-state index is 0.0814. The second-order valence-electron chi connectivity index (χ2n) is 8.52. The van der Waals surface area contributed by atoms with Crippen molar-refractivity contribution in [1.29, 1.82) is 0 Å². The third-order valence-corrected chi connectivity index (χ3v) is 6.82. The van der Waals surface area contributed by atoms with Crippen molar-refractivity contribution in [1.82, 2.24) is 9.55 Å². The van der Waals surface area contributed by atoms with Crippen molar-refractivity contribution in [3.8, 4) is 0 Å². The third kappa shape index (κ3) is 4.07. The topological polar surface area (TPSA) is 60.9 Å². The maximum atomic E-state index is 13.4. The molecule has 1 aromatic heterocycles. The summed E-state index contributed by atoms with van der Waals surface area (Å²) < 4.78 is 2.00. The molecule has 0 bridgehead atoms. The van der Waals surface area contributed by atoms with Gasteiger partial charge in [-0.3, -0.25) is 9.36 Å². The van der Waals surface area contributed by atoms with Gasteiger partial charge in [0.15, 0.2) is 0 Å². The van der Waals surface area contributed by atoms with E-state index in [4.69, 9.17) is 22.3 Å². The molecule has 2 atom stereocenters. The monoisotopic (exact) mass is 387 g/mol. The molecular weight excluding hydrogens is 358 g/mol. The Balaban J connectivity index is 1.75. The largest absolute Gasteiger partial charge is 0.330 e. The second-order valence-corrected chi connectivity index (χ2v) is 8.95. The molecule has 2 fully saturated rings. The van der Waals surface area contributed by atoms with Crippen molar-refractivity contribution in [2.24, 2.45) is 17.6 Å². The number of fused-ring (bicyclic) bond motifs is 1. The lowest BCUT2D eigenvalue weighted by atomic mass is 9.81. The van der Waals surface area contributed by atoms with E-state index in [1.54, 1.807) is 6.07 Å². The summed E-state index contributed by atoms with van der Waals surface area (Å²) in [5, 5.41) is 1.24. The van der Waals surface area contributed by atoms with Gasteiger partial charge in [0.2, 0.25) is 0 Å². The summed E-state index contributed by atoms with van der Waals surface area (Å²) >= 11 is 6.17. The summed E-state index contributed by atoms with van der Waals surface area (Å²) in [6, 6.07) is 5.50.